The topological polar surface area (TPSA) is 63.3 Å². The van der Waals surface area contributed by atoms with Gasteiger partial charge in [0.15, 0.2) is 0 Å². The average molecular weight is 155 g/mol. The summed E-state index contributed by atoms with van der Waals surface area (Å²) in [5, 5.41) is 8.50. The molecule has 3 N–H and O–H groups in total. The fourth-order valence-electron chi connectivity index (χ4n) is 1.33. The average Bonchev–Trinajstić information content (AvgIpc) is 2.39. The number of carbonyl (C=O) groups is 1. The number of allylic oxidation sites excluding steroid dienone is 2. The maximum Gasteiger partial charge on any atom is 0.320 e. The molecule has 1 aliphatic carbocycles. The van der Waals surface area contributed by atoms with E-state index < -0.39 is 12.0 Å². The Morgan fingerprint density at radius 2 is 2.18 bits per heavy atom. The van der Waals surface area contributed by atoms with E-state index in [2.05, 4.69) is 12.2 Å². The highest BCUT2D eigenvalue weighted by atomic mass is 16.4. The zero-order valence-electron chi connectivity index (χ0n) is 6.36. The van der Waals surface area contributed by atoms with Crippen LogP contribution < -0.4 is 5.73 Å². The van der Waals surface area contributed by atoms with Crippen molar-refractivity contribution < 1.29 is 9.90 Å². The molecule has 11 heavy (non-hydrogen) atoms. The van der Waals surface area contributed by atoms with Crippen LogP contribution in [-0.2, 0) is 4.79 Å². The quantitative estimate of drug-likeness (QED) is 0.591. The molecule has 0 aromatic rings. The Balaban J connectivity index is 2.25. The molecule has 0 saturated carbocycles. The Hall–Kier alpha value is -0.830. The normalized spacial score (nSPS) is 20.5. The minimum absolute atomic E-state index is 0.459. The largest absolute Gasteiger partial charge is 0.480 e. The summed E-state index contributed by atoms with van der Waals surface area (Å²) in [5.41, 5.74) is 5.37. The van der Waals surface area contributed by atoms with Gasteiger partial charge in [0, 0.05) is 0 Å². The van der Waals surface area contributed by atoms with Gasteiger partial charge in [-0.15, -0.1) is 0 Å². The van der Waals surface area contributed by atoms with Gasteiger partial charge in [0.2, 0.25) is 0 Å². The molecule has 0 aromatic carbocycles. The van der Waals surface area contributed by atoms with Gasteiger partial charge in [0.1, 0.15) is 6.04 Å². The summed E-state index contributed by atoms with van der Waals surface area (Å²) < 4.78 is 0. The van der Waals surface area contributed by atoms with E-state index in [0.717, 1.165) is 12.8 Å². The van der Waals surface area contributed by atoms with Crippen molar-refractivity contribution in [1.82, 2.24) is 0 Å². The minimum atomic E-state index is -0.892. The molecule has 3 heteroatoms. The summed E-state index contributed by atoms with van der Waals surface area (Å²) in [5.74, 6) is -0.432. The van der Waals surface area contributed by atoms with Gasteiger partial charge in [-0.2, -0.15) is 0 Å². The lowest BCUT2D eigenvalue weighted by atomic mass is 9.98. The molecule has 0 aliphatic heterocycles. The Morgan fingerprint density at radius 1 is 1.64 bits per heavy atom. The number of aliphatic carboxylic acids is 1. The maximum absolute atomic E-state index is 10.3. The highest BCUT2D eigenvalue weighted by molar-refractivity contribution is 5.73. The second kappa shape index (κ2) is 3.53. The zero-order valence-corrected chi connectivity index (χ0v) is 6.36. The molecule has 0 saturated heterocycles. The Bertz CT molecular complexity index is 169. The Morgan fingerprint density at radius 3 is 2.64 bits per heavy atom. The first-order valence-electron chi connectivity index (χ1n) is 3.83. The van der Waals surface area contributed by atoms with Crippen LogP contribution in [0.15, 0.2) is 12.2 Å². The van der Waals surface area contributed by atoms with Crippen molar-refractivity contribution >= 4 is 5.97 Å². The molecule has 62 valence electrons. The fourth-order valence-corrected chi connectivity index (χ4v) is 1.33. The zero-order chi connectivity index (χ0) is 8.27. The van der Waals surface area contributed by atoms with Crippen LogP contribution in [0.4, 0.5) is 0 Å². The summed E-state index contributed by atoms with van der Waals surface area (Å²) in [6, 6.07) is -0.681. The summed E-state index contributed by atoms with van der Waals surface area (Å²) in [6.07, 6.45) is 6.74. The molecule has 3 nitrogen and oxygen atoms in total. The molecular weight excluding hydrogens is 142 g/mol. The van der Waals surface area contributed by atoms with Gasteiger partial charge in [-0.1, -0.05) is 12.2 Å². The second-order valence-electron chi connectivity index (χ2n) is 2.99. The van der Waals surface area contributed by atoms with Crippen molar-refractivity contribution in [3.8, 4) is 0 Å². The van der Waals surface area contributed by atoms with E-state index in [9.17, 15) is 4.79 Å². The van der Waals surface area contributed by atoms with E-state index >= 15 is 0 Å². The SMILES string of the molecule is NC(CC1CC=CC1)C(=O)O. The number of nitrogens with two attached hydrogens (primary N) is 1. The van der Waals surface area contributed by atoms with E-state index in [0.29, 0.717) is 12.3 Å². The Kier molecular flexibility index (Phi) is 2.65. The summed E-state index contributed by atoms with van der Waals surface area (Å²) in [6.45, 7) is 0. The summed E-state index contributed by atoms with van der Waals surface area (Å²) in [7, 11) is 0. The molecule has 1 rings (SSSR count). The van der Waals surface area contributed by atoms with Gasteiger partial charge in [-0.25, -0.2) is 0 Å². The molecule has 1 atom stereocenters. The first kappa shape index (κ1) is 8.27. The smallest absolute Gasteiger partial charge is 0.320 e. The van der Waals surface area contributed by atoms with E-state index in [1.165, 1.54) is 0 Å². The standard InChI is InChI=1S/C8H13NO2/c9-7(8(10)11)5-6-3-1-2-4-6/h1-2,6-7H,3-5,9H2,(H,10,11). The summed E-state index contributed by atoms with van der Waals surface area (Å²) in [4.78, 5) is 10.3. The van der Waals surface area contributed by atoms with Crippen molar-refractivity contribution in [3.63, 3.8) is 0 Å². The van der Waals surface area contributed by atoms with Crippen molar-refractivity contribution in [3.05, 3.63) is 12.2 Å². The van der Waals surface area contributed by atoms with Crippen molar-refractivity contribution in [2.75, 3.05) is 0 Å². The third-order valence-electron chi connectivity index (χ3n) is 2.01. The molecule has 0 aromatic heterocycles. The third-order valence-corrected chi connectivity index (χ3v) is 2.01. The number of carboxylic acids is 1. The maximum atomic E-state index is 10.3. The molecule has 0 heterocycles. The van der Waals surface area contributed by atoms with Crippen LogP contribution in [0.2, 0.25) is 0 Å². The second-order valence-corrected chi connectivity index (χ2v) is 2.99. The number of carboxylic acid groups (broad SMARTS) is 1. The van der Waals surface area contributed by atoms with E-state index in [1.807, 2.05) is 0 Å². The van der Waals surface area contributed by atoms with E-state index in [4.69, 9.17) is 10.8 Å². The van der Waals surface area contributed by atoms with Gasteiger partial charge in [-0.05, 0) is 25.2 Å². The first-order chi connectivity index (χ1) is 5.20. The molecule has 0 radical (unpaired) electrons. The number of hydrogen-bond acceptors (Lipinski definition) is 2. The predicted molar refractivity (Wildman–Crippen MR) is 42.1 cm³/mol. The van der Waals surface area contributed by atoms with Gasteiger partial charge in [0.25, 0.3) is 0 Å². The van der Waals surface area contributed by atoms with Crippen LogP contribution >= 0.6 is 0 Å². The molecular formula is C8H13NO2. The highest BCUT2D eigenvalue weighted by Gasteiger charge is 2.18. The van der Waals surface area contributed by atoms with E-state index in [-0.39, 0.29) is 0 Å². The van der Waals surface area contributed by atoms with Crippen molar-refractivity contribution in [2.45, 2.75) is 25.3 Å². The molecule has 0 fully saturated rings. The van der Waals surface area contributed by atoms with Gasteiger partial charge >= 0.3 is 5.97 Å². The molecule has 1 aliphatic rings. The van der Waals surface area contributed by atoms with Gasteiger partial charge < -0.3 is 10.8 Å². The van der Waals surface area contributed by atoms with Gasteiger partial charge in [0.05, 0.1) is 0 Å². The monoisotopic (exact) mass is 155 g/mol. The summed E-state index contributed by atoms with van der Waals surface area (Å²) >= 11 is 0. The lowest BCUT2D eigenvalue weighted by Gasteiger charge is -2.11. The Labute approximate surface area is 65.9 Å². The minimum Gasteiger partial charge on any atom is -0.480 e. The molecule has 0 bridgehead atoms. The van der Waals surface area contributed by atoms with Crippen LogP contribution in [-0.4, -0.2) is 17.1 Å². The van der Waals surface area contributed by atoms with Crippen LogP contribution in [0.25, 0.3) is 0 Å². The number of rotatable bonds is 3. The lowest BCUT2D eigenvalue weighted by Crippen LogP contribution is -2.31. The van der Waals surface area contributed by atoms with Crippen LogP contribution in [0.3, 0.4) is 0 Å². The number of hydrogen-bond donors (Lipinski definition) is 2. The van der Waals surface area contributed by atoms with Crippen molar-refractivity contribution in [2.24, 2.45) is 11.7 Å². The predicted octanol–water partition coefficient (Wildman–Crippen LogP) is 0.755. The lowest BCUT2D eigenvalue weighted by molar-refractivity contribution is -0.138. The van der Waals surface area contributed by atoms with Crippen LogP contribution in [0, 0.1) is 5.92 Å². The third kappa shape index (κ3) is 2.35. The fraction of sp³-hybridized carbons (Fsp3) is 0.625. The van der Waals surface area contributed by atoms with E-state index in [1.54, 1.807) is 0 Å². The first-order valence-corrected chi connectivity index (χ1v) is 3.83. The molecule has 0 amide bonds. The van der Waals surface area contributed by atoms with Gasteiger partial charge in [-0.3, -0.25) is 4.79 Å². The van der Waals surface area contributed by atoms with Crippen molar-refractivity contribution in [1.29, 1.82) is 0 Å². The molecule has 0 spiro atoms. The highest BCUT2D eigenvalue weighted by Crippen LogP contribution is 2.21. The molecule has 1 unspecified atom stereocenters. The van der Waals surface area contributed by atoms with Crippen LogP contribution in [0.1, 0.15) is 19.3 Å². The van der Waals surface area contributed by atoms with Crippen LogP contribution in [0.5, 0.6) is 0 Å².